The number of rotatable bonds is 4. The zero-order valence-electron chi connectivity index (χ0n) is 7.47. The van der Waals surface area contributed by atoms with Crippen LogP contribution in [-0.2, 0) is 28.7 Å². The minimum atomic E-state index is -1.72. The highest BCUT2D eigenvalue weighted by atomic mass is 16.6. The van der Waals surface area contributed by atoms with Crippen LogP contribution in [0.25, 0.3) is 0 Å². The Morgan fingerprint density at radius 1 is 0.800 bits per heavy atom. The Hall–Kier alpha value is -2.12. The first kappa shape index (κ1) is 12.9. The second kappa shape index (κ2) is 6.35. The number of hydrogen-bond donors (Lipinski definition) is 2. The predicted octanol–water partition coefficient (Wildman–Crippen LogP) is -1.37. The van der Waals surface area contributed by atoms with Crippen LogP contribution in [0.3, 0.4) is 0 Å². The van der Waals surface area contributed by atoms with Gasteiger partial charge in [0.25, 0.3) is 0 Å². The lowest BCUT2D eigenvalue weighted by Crippen LogP contribution is -2.19. The fraction of sp³-hybridized carbons (Fsp3) is 0.429. The van der Waals surface area contributed by atoms with E-state index in [-0.39, 0.29) is 19.6 Å². The molecular formula is C7H8O8. The van der Waals surface area contributed by atoms with Crippen molar-refractivity contribution < 1.29 is 38.9 Å². The molecule has 0 aromatic heterocycles. The third-order valence-corrected chi connectivity index (χ3v) is 1.10. The van der Waals surface area contributed by atoms with E-state index in [0.717, 1.165) is 0 Å². The monoisotopic (exact) mass is 220 g/mol. The molecule has 0 fully saturated rings. The average molecular weight is 220 g/mol. The zero-order valence-corrected chi connectivity index (χ0v) is 7.47. The van der Waals surface area contributed by atoms with Crippen molar-refractivity contribution >= 4 is 23.9 Å². The van der Waals surface area contributed by atoms with Gasteiger partial charge in [-0.3, -0.25) is 0 Å². The summed E-state index contributed by atoms with van der Waals surface area (Å²) < 4.78 is 8.34. The number of esters is 2. The first-order valence-electron chi connectivity index (χ1n) is 3.75. The Bertz CT molecular complexity index is 253. The molecule has 8 heteroatoms. The van der Waals surface area contributed by atoms with Gasteiger partial charge in [0.1, 0.15) is 0 Å². The van der Waals surface area contributed by atoms with Crippen molar-refractivity contribution in [3.8, 4) is 0 Å². The number of hydrogen-bond acceptors (Lipinski definition) is 6. The van der Waals surface area contributed by atoms with E-state index in [4.69, 9.17) is 10.2 Å². The highest BCUT2D eigenvalue weighted by Gasteiger charge is 2.14. The Balaban J connectivity index is 3.48. The molecule has 2 N–H and O–H groups in total. The third kappa shape index (κ3) is 6.02. The van der Waals surface area contributed by atoms with Crippen molar-refractivity contribution in [1.82, 2.24) is 0 Å². The number of carbonyl (C=O) groups is 4. The molecule has 0 aliphatic rings. The highest BCUT2D eigenvalue weighted by Crippen LogP contribution is 1.87. The summed E-state index contributed by atoms with van der Waals surface area (Å²) in [6.45, 7) is -0.532. The Kier molecular flexibility index (Phi) is 5.45. The smallest absolute Gasteiger partial charge is 0.417 e. The molecule has 0 saturated carbocycles. The fourth-order valence-electron chi connectivity index (χ4n) is 0.512. The van der Waals surface area contributed by atoms with Gasteiger partial charge in [0.2, 0.25) is 0 Å². The quantitative estimate of drug-likeness (QED) is 0.337. The summed E-state index contributed by atoms with van der Waals surface area (Å²) >= 11 is 0. The van der Waals surface area contributed by atoms with Crippen molar-refractivity contribution in [1.29, 1.82) is 0 Å². The van der Waals surface area contributed by atoms with Crippen LogP contribution >= 0.6 is 0 Å². The molecule has 0 spiro atoms. The highest BCUT2D eigenvalue weighted by molar-refractivity contribution is 6.29. The van der Waals surface area contributed by atoms with Gasteiger partial charge in [-0.2, -0.15) is 0 Å². The van der Waals surface area contributed by atoms with Crippen LogP contribution in [0.5, 0.6) is 0 Å². The summed E-state index contributed by atoms with van der Waals surface area (Å²) in [5.74, 6) is -6.28. The molecule has 84 valence electrons. The van der Waals surface area contributed by atoms with E-state index in [9.17, 15) is 19.2 Å². The zero-order chi connectivity index (χ0) is 11.8. The Labute approximate surface area is 83.4 Å². The van der Waals surface area contributed by atoms with Crippen molar-refractivity contribution in [2.75, 3.05) is 13.2 Å². The van der Waals surface area contributed by atoms with Crippen LogP contribution in [0.1, 0.15) is 6.42 Å². The molecule has 0 rings (SSSR count). The van der Waals surface area contributed by atoms with Crippen LogP contribution in [0, 0.1) is 0 Å². The summed E-state index contributed by atoms with van der Waals surface area (Å²) in [5.41, 5.74) is 0. The molecule has 8 nitrogen and oxygen atoms in total. The number of carboxylic acid groups (broad SMARTS) is 2. The van der Waals surface area contributed by atoms with Crippen LogP contribution in [0.2, 0.25) is 0 Å². The molecule has 0 bridgehead atoms. The molecule has 0 amide bonds. The number of ether oxygens (including phenoxy) is 2. The summed E-state index contributed by atoms with van der Waals surface area (Å²) in [4.78, 5) is 40.5. The van der Waals surface area contributed by atoms with Gasteiger partial charge in [-0.15, -0.1) is 0 Å². The molecular weight excluding hydrogens is 212 g/mol. The largest absolute Gasteiger partial charge is 0.473 e. The summed E-state index contributed by atoms with van der Waals surface area (Å²) in [6.07, 6.45) is 0.0258. The maximum absolute atomic E-state index is 10.3. The SMILES string of the molecule is O=C(O)C(=O)OCCCOC(=O)C(=O)O. The second-order valence-corrected chi connectivity index (χ2v) is 2.24. The molecule has 0 saturated heterocycles. The normalized spacial score (nSPS) is 9.07. The van der Waals surface area contributed by atoms with Gasteiger partial charge in [-0.25, -0.2) is 19.2 Å². The molecule has 0 aromatic rings. The molecule has 0 aliphatic carbocycles. The van der Waals surface area contributed by atoms with E-state index in [1.807, 2.05) is 0 Å². The summed E-state index contributed by atoms with van der Waals surface area (Å²) in [6, 6.07) is 0. The molecule has 15 heavy (non-hydrogen) atoms. The lowest BCUT2D eigenvalue weighted by Gasteiger charge is -2.02. The molecule has 0 aliphatic heterocycles. The van der Waals surface area contributed by atoms with E-state index >= 15 is 0 Å². The third-order valence-electron chi connectivity index (χ3n) is 1.10. The van der Waals surface area contributed by atoms with Crippen molar-refractivity contribution in [2.45, 2.75) is 6.42 Å². The van der Waals surface area contributed by atoms with E-state index in [1.54, 1.807) is 0 Å². The van der Waals surface area contributed by atoms with Crippen LogP contribution in [-0.4, -0.2) is 47.3 Å². The van der Waals surface area contributed by atoms with Gasteiger partial charge in [0, 0.05) is 6.42 Å². The predicted molar refractivity (Wildman–Crippen MR) is 41.8 cm³/mol. The molecule has 0 heterocycles. The van der Waals surface area contributed by atoms with Gasteiger partial charge >= 0.3 is 23.9 Å². The van der Waals surface area contributed by atoms with Gasteiger partial charge < -0.3 is 19.7 Å². The van der Waals surface area contributed by atoms with Gasteiger partial charge in [0.15, 0.2) is 0 Å². The average Bonchev–Trinajstić information content (AvgIpc) is 2.16. The first-order valence-corrected chi connectivity index (χ1v) is 3.75. The van der Waals surface area contributed by atoms with E-state index in [0.29, 0.717) is 0 Å². The first-order chi connectivity index (χ1) is 6.95. The van der Waals surface area contributed by atoms with Crippen LogP contribution < -0.4 is 0 Å². The van der Waals surface area contributed by atoms with Crippen molar-refractivity contribution in [2.24, 2.45) is 0 Å². The molecule has 0 radical (unpaired) electrons. The Morgan fingerprint density at radius 3 is 1.40 bits per heavy atom. The number of aliphatic carboxylic acids is 2. The lowest BCUT2D eigenvalue weighted by atomic mass is 10.5. The van der Waals surface area contributed by atoms with Crippen LogP contribution in [0.15, 0.2) is 0 Å². The molecule has 0 unspecified atom stereocenters. The second-order valence-electron chi connectivity index (χ2n) is 2.24. The van der Waals surface area contributed by atoms with Gasteiger partial charge in [-0.1, -0.05) is 0 Å². The van der Waals surface area contributed by atoms with Crippen LogP contribution in [0.4, 0.5) is 0 Å². The molecule has 0 aromatic carbocycles. The fourth-order valence-corrected chi connectivity index (χ4v) is 0.512. The topological polar surface area (TPSA) is 127 Å². The number of carbonyl (C=O) groups excluding carboxylic acids is 2. The van der Waals surface area contributed by atoms with Crippen molar-refractivity contribution in [3.05, 3.63) is 0 Å². The summed E-state index contributed by atoms with van der Waals surface area (Å²) in [7, 11) is 0. The van der Waals surface area contributed by atoms with E-state index < -0.39 is 23.9 Å². The van der Waals surface area contributed by atoms with E-state index in [2.05, 4.69) is 9.47 Å². The van der Waals surface area contributed by atoms with Crippen molar-refractivity contribution in [3.63, 3.8) is 0 Å². The number of carboxylic acids is 2. The van der Waals surface area contributed by atoms with Gasteiger partial charge in [0.05, 0.1) is 13.2 Å². The minimum absolute atomic E-state index is 0.0258. The Morgan fingerprint density at radius 2 is 1.13 bits per heavy atom. The van der Waals surface area contributed by atoms with E-state index in [1.165, 1.54) is 0 Å². The maximum Gasteiger partial charge on any atom is 0.417 e. The minimum Gasteiger partial charge on any atom is -0.473 e. The summed E-state index contributed by atoms with van der Waals surface area (Å²) in [5, 5.41) is 16.1. The molecule has 0 atom stereocenters. The standard InChI is InChI=1S/C7H8O8/c8-4(9)6(12)14-2-1-3-15-7(13)5(10)11/h1-3H2,(H,8,9)(H,10,11). The maximum atomic E-state index is 10.3. The lowest BCUT2D eigenvalue weighted by molar-refractivity contribution is -0.166. The van der Waals surface area contributed by atoms with Gasteiger partial charge in [-0.05, 0) is 0 Å².